The van der Waals surface area contributed by atoms with Crippen molar-refractivity contribution in [2.24, 2.45) is 0 Å². The lowest BCUT2D eigenvalue weighted by Gasteiger charge is -2.43. The molecule has 2 unspecified atom stereocenters. The van der Waals surface area contributed by atoms with Crippen LogP contribution in [-0.4, -0.2) is 59.8 Å². The highest BCUT2D eigenvalue weighted by Crippen LogP contribution is 2.28. The van der Waals surface area contributed by atoms with Gasteiger partial charge in [0.1, 0.15) is 11.4 Å². The van der Waals surface area contributed by atoms with Crippen LogP contribution in [0.1, 0.15) is 46.5 Å². The summed E-state index contributed by atoms with van der Waals surface area (Å²) >= 11 is 0. The topological polar surface area (TPSA) is 57.7 Å². The molecular formula is C24H34N4O2. The number of fused-ring (bicyclic) bond motifs is 1. The van der Waals surface area contributed by atoms with Gasteiger partial charge in [0, 0.05) is 49.8 Å². The number of benzene rings is 1. The molecule has 1 aliphatic heterocycles. The summed E-state index contributed by atoms with van der Waals surface area (Å²) in [5.74, 6) is 1.10. The van der Waals surface area contributed by atoms with Crippen LogP contribution in [-0.2, 0) is 4.74 Å². The molecular weight excluding hydrogens is 376 g/mol. The zero-order valence-corrected chi connectivity index (χ0v) is 18.4. The summed E-state index contributed by atoms with van der Waals surface area (Å²) in [5, 5.41) is 5.56. The molecule has 0 bridgehead atoms. The van der Waals surface area contributed by atoms with Gasteiger partial charge in [-0.05, 0) is 57.9 Å². The van der Waals surface area contributed by atoms with Gasteiger partial charge in [0.15, 0.2) is 0 Å². The molecule has 30 heavy (non-hydrogen) atoms. The molecule has 6 heteroatoms. The summed E-state index contributed by atoms with van der Waals surface area (Å²) < 4.78 is 5.44. The predicted octanol–water partition coefficient (Wildman–Crippen LogP) is 4.19. The molecule has 2 atom stereocenters. The highest BCUT2D eigenvalue weighted by atomic mass is 16.6. The zero-order valence-electron chi connectivity index (χ0n) is 18.4. The van der Waals surface area contributed by atoms with Gasteiger partial charge >= 0.3 is 6.09 Å². The second-order valence-corrected chi connectivity index (χ2v) is 9.54. The molecule has 1 saturated heterocycles. The Labute approximate surface area is 179 Å². The van der Waals surface area contributed by atoms with Crippen LogP contribution in [0.3, 0.4) is 0 Å². The van der Waals surface area contributed by atoms with E-state index in [0.29, 0.717) is 6.04 Å². The molecule has 4 rings (SSSR count). The molecule has 1 aliphatic carbocycles. The molecule has 2 aliphatic rings. The number of piperazine rings is 1. The lowest BCUT2D eigenvalue weighted by atomic mass is 9.89. The number of nitrogens with zero attached hydrogens (tertiary/aromatic N) is 3. The molecule has 1 aromatic heterocycles. The first-order valence-electron chi connectivity index (χ1n) is 11.2. The largest absolute Gasteiger partial charge is 0.444 e. The van der Waals surface area contributed by atoms with Crippen molar-refractivity contribution >= 4 is 22.7 Å². The molecule has 1 saturated carbocycles. The van der Waals surface area contributed by atoms with Crippen LogP contribution < -0.4 is 10.2 Å². The number of carbonyl (C=O) groups excluding carboxylic acids is 1. The molecule has 2 fully saturated rings. The minimum Gasteiger partial charge on any atom is -0.444 e. The van der Waals surface area contributed by atoms with Gasteiger partial charge in [-0.3, -0.25) is 4.90 Å². The number of alkyl carbamates (subject to hydrolysis) is 1. The first-order valence-corrected chi connectivity index (χ1v) is 11.2. The quantitative estimate of drug-likeness (QED) is 0.822. The average Bonchev–Trinajstić information content (AvgIpc) is 2.72. The maximum Gasteiger partial charge on any atom is 0.407 e. The standard InChI is InChI=1S/C24H34N4O2/c1-24(2,3)30-23(29)26-19-8-6-9-20(17-19)27-13-15-28(16-14-27)22-21-10-5-4-7-18(21)11-12-25-22/h4-5,7,10-12,19-20H,6,8-9,13-17H2,1-3H3,(H,26,29). The molecule has 6 nitrogen and oxygen atoms in total. The van der Waals surface area contributed by atoms with Crippen LogP contribution >= 0.6 is 0 Å². The molecule has 162 valence electrons. The van der Waals surface area contributed by atoms with Crippen LogP contribution in [0.25, 0.3) is 10.8 Å². The number of ether oxygens (including phenoxy) is 1. The first-order chi connectivity index (χ1) is 14.4. The van der Waals surface area contributed by atoms with Gasteiger partial charge in [-0.1, -0.05) is 24.3 Å². The van der Waals surface area contributed by atoms with E-state index in [1.54, 1.807) is 0 Å². The third-order valence-electron chi connectivity index (χ3n) is 6.15. The zero-order chi connectivity index (χ0) is 21.1. The van der Waals surface area contributed by atoms with E-state index in [2.05, 4.69) is 50.4 Å². The van der Waals surface area contributed by atoms with Gasteiger partial charge in [0.05, 0.1) is 0 Å². The van der Waals surface area contributed by atoms with E-state index in [0.717, 1.165) is 51.3 Å². The Balaban J connectivity index is 1.33. The Morgan fingerprint density at radius 1 is 1.10 bits per heavy atom. The first kappa shape index (κ1) is 20.9. The second kappa shape index (κ2) is 8.80. The van der Waals surface area contributed by atoms with Crippen molar-refractivity contribution in [2.45, 2.75) is 64.1 Å². The van der Waals surface area contributed by atoms with E-state index in [9.17, 15) is 4.79 Å². The Bertz CT molecular complexity index is 866. The van der Waals surface area contributed by atoms with Crippen LogP contribution in [0, 0.1) is 0 Å². The minimum absolute atomic E-state index is 0.205. The van der Waals surface area contributed by atoms with E-state index < -0.39 is 5.60 Å². The third-order valence-corrected chi connectivity index (χ3v) is 6.15. The molecule has 1 amide bonds. The van der Waals surface area contributed by atoms with Crippen LogP contribution in [0.2, 0.25) is 0 Å². The minimum atomic E-state index is -0.454. The van der Waals surface area contributed by atoms with Crippen LogP contribution in [0.5, 0.6) is 0 Å². The van der Waals surface area contributed by atoms with Gasteiger partial charge in [-0.25, -0.2) is 9.78 Å². The summed E-state index contributed by atoms with van der Waals surface area (Å²) in [6, 6.07) is 11.3. The summed E-state index contributed by atoms with van der Waals surface area (Å²) in [5.41, 5.74) is -0.454. The summed E-state index contributed by atoms with van der Waals surface area (Å²) in [6.45, 7) is 9.76. The summed E-state index contributed by atoms with van der Waals surface area (Å²) in [4.78, 5) is 21.9. The SMILES string of the molecule is CC(C)(C)OC(=O)NC1CCCC(N2CCN(c3nccc4ccccc34)CC2)C1. The van der Waals surface area contributed by atoms with Crippen molar-refractivity contribution in [1.29, 1.82) is 0 Å². The lowest BCUT2D eigenvalue weighted by Crippen LogP contribution is -2.53. The van der Waals surface area contributed by atoms with Crippen molar-refractivity contribution in [1.82, 2.24) is 15.2 Å². The van der Waals surface area contributed by atoms with Gasteiger partial charge in [-0.15, -0.1) is 0 Å². The highest BCUT2D eigenvalue weighted by Gasteiger charge is 2.31. The number of hydrogen-bond donors (Lipinski definition) is 1. The van der Waals surface area contributed by atoms with E-state index in [-0.39, 0.29) is 12.1 Å². The fourth-order valence-electron chi connectivity index (χ4n) is 4.76. The Morgan fingerprint density at radius 2 is 1.87 bits per heavy atom. The molecule has 0 radical (unpaired) electrons. The van der Waals surface area contributed by atoms with Gasteiger partial charge in [-0.2, -0.15) is 0 Å². The smallest absolute Gasteiger partial charge is 0.407 e. The third kappa shape index (κ3) is 5.04. The molecule has 2 heterocycles. The maximum atomic E-state index is 12.2. The molecule has 1 N–H and O–H groups in total. The van der Waals surface area contributed by atoms with E-state index in [1.165, 1.54) is 17.2 Å². The monoisotopic (exact) mass is 410 g/mol. The number of pyridine rings is 1. The maximum absolute atomic E-state index is 12.2. The van der Waals surface area contributed by atoms with Gasteiger partial charge in [0.25, 0.3) is 0 Å². The van der Waals surface area contributed by atoms with Crippen molar-refractivity contribution in [3.63, 3.8) is 0 Å². The van der Waals surface area contributed by atoms with Gasteiger partial charge in [0.2, 0.25) is 0 Å². The van der Waals surface area contributed by atoms with E-state index >= 15 is 0 Å². The number of amides is 1. The summed E-state index contributed by atoms with van der Waals surface area (Å²) in [6.07, 6.45) is 6.02. The Kier molecular flexibility index (Phi) is 6.14. The van der Waals surface area contributed by atoms with E-state index in [1.807, 2.05) is 27.0 Å². The number of nitrogens with one attached hydrogen (secondary N) is 1. The number of rotatable bonds is 3. The van der Waals surface area contributed by atoms with Crippen molar-refractivity contribution in [2.75, 3.05) is 31.1 Å². The van der Waals surface area contributed by atoms with Crippen molar-refractivity contribution in [3.8, 4) is 0 Å². The number of anilines is 1. The normalized spacial score (nSPS) is 23.4. The molecule has 1 aromatic carbocycles. The number of aromatic nitrogens is 1. The lowest BCUT2D eigenvalue weighted by molar-refractivity contribution is 0.0467. The number of carbonyl (C=O) groups is 1. The Hall–Kier alpha value is -2.34. The fourth-order valence-corrected chi connectivity index (χ4v) is 4.76. The van der Waals surface area contributed by atoms with Crippen molar-refractivity contribution in [3.05, 3.63) is 36.5 Å². The Morgan fingerprint density at radius 3 is 2.63 bits per heavy atom. The van der Waals surface area contributed by atoms with Crippen LogP contribution in [0.4, 0.5) is 10.6 Å². The van der Waals surface area contributed by atoms with Crippen LogP contribution in [0.15, 0.2) is 36.5 Å². The van der Waals surface area contributed by atoms with E-state index in [4.69, 9.17) is 4.74 Å². The molecule has 0 spiro atoms. The van der Waals surface area contributed by atoms with Crippen molar-refractivity contribution < 1.29 is 9.53 Å². The molecule has 2 aromatic rings. The second-order valence-electron chi connectivity index (χ2n) is 9.54. The average molecular weight is 411 g/mol. The van der Waals surface area contributed by atoms with Gasteiger partial charge < -0.3 is 15.0 Å². The fraction of sp³-hybridized carbons (Fsp3) is 0.583. The summed E-state index contributed by atoms with van der Waals surface area (Å²) in [7, 11) is 0. The number of hydrogen-bond acceptors (Lipinski definition) is 5. The predicted molar refractivity (Wildman–Crippen MR) is 121 cm³/mol. The highest BCUT2D eigenvalue weighted by molar-refractivity contribution is 5.92.